The molecule has 14 heavy (non-hydrogen) atoms. The van der Waals surface area contributed by atoms with Gasteiger partial charge in [0.1, 0.15) is 0 Å². The molecule has 0 radical (unpaired) electrons. The van der Waals surface area contributed by atoms with Crippen LogP contribution in [0, 0.1) is 0 Å². The third-order valence-corrected chi connectivity index (χ3v) is 2.35. The molecule has 0 aliphatic rings. The summed E-state index contributed by atoms with van der Waals surface area (Å²) < 4.78 is 40.2. The highest BCUT2D eigenvalue weighted by molar-refractivity contribution is 14.1. The second kappa shape index (κ2) is 4.97. The van der Waals surface area contributed by atoms with Crippen molar-refractivity contribution < 1.29 is 13.2 Å². The molecule has 1 rings (SSSR count). The molecule has 0 aliphatic carbocycles. The highest BCUT2D eigenvalue weighted by Crippen LogP contribution is 2.31. The Hall–Kier alpha value is -0.300. The summed E-state index contributed by atoms with van der Waals surface area (Å²) in [6, 6.07) is 5.65. The van der Waals surface area contributed by atoms with E-state index >= 15 is 0 Å². The lowest BCUT2D eigenvalue weighted by Crippen LogP contribution is -2.12. The molecule has 1 N–H and O–H groups in total. The van der Waals surface area contributed by atoms with Crippen LogP contribution in [0.5, 0.6) is 0 Å². The highest BCUT2D eigenvalue weighted by atomic mass is 127. The molecule has 0 aromatic heterocycles. The normalized spacial score (nSPS) is 11.7. The first-order chi connectivity index (χ1) is 6.55. The molecule has 0 amide bonds. The molecule has 0 unspecified atom stereocenters. The van der Waals surface area contributed by atoms with E-state index in [1.807, 2.05) is 22.9 Å². The lowest BCUT2D eigenvalue weighted by atomic mass is 10.0. The average molecular weight is 315 g/mol. The third-order valence-electron chi connectivity index (χ3n) is 1.81. The minimum Gasteiger partial charge on any atom is -0.261 e. The molecule has 0 atom stereocenters. The number of hydrogen-bond acceptors (Lipinski definition) is 1. The molecule has 0 fully saturated rings. The van der Waals surface area contributed by atoms with Gasteiger partial charge in [-0.15, -0.1) is 0 Å². The van der Waals surface area contributed by atoms with Crippen molar-refractivity contribution in [3.8, 4) is 0 Å². The summed E-state index contributed by atoms with van der Waals surface area (Å²) in [5.41, 5.74) is -0.198. The van der Waals surface area contributed by atoms with Crippen molar-refractivity contribution in [1.29, 1.82) is 0 Å². The Bertz CT molecular complexity index is 298. The van der Waals surface area contributed by atoms with Gasteiger partial charge in [0.05, 0.1) is 5.56 Å². The van der Waals surface area contributed by atoms with Gasteiger partial charge >= 0.3 is 6.18 Å². The summed E-state index contributed by atoms with van der Waals surface area (Å²) in [5.74, 6) is 0. The minimum atomic E-state index is -4.25. The van der Waals surface area contributed by atoms with Crippen LogP contribution < -0.4 is 3.53 Å². The van der Waals surface area contributed by atoms with Crippen LogP contribution >= 0.6 is 22.9 Å². The number of hydrogen-bond donors (Lipinski definition) is 1. The van der Waals surface area contributed by atoms with Gasteiger partial charge in [-0.1, -0.05) is 18.2 Å². The molecule has 0 aliphatic heterocycles. The van der Waals surface area contributed by atoms with Gasteiger partial charge in [0, 0.05) is 29.4 Å². The summed E-state index contributed by atoms with van der Waals surface area (Å²) in [5, 5.41) is 0. The number of nitrogens with one attached hydrogen (secondary N) is 1. The monoisotopic (exact) mass is 315 g/mol. The predicted octanol–water partition coefficient (Wildman–Crippen LogP) is 3.19. The molecule has 1 aromatic rings. The van der Waals surface area contributed by atoms with Crippen molar-refractivity contribution in [2.75, 3.05) is 6.54 Å². The van der Waals surface area contributed by atoms with Crippen LogP contribution in [0.1, 0.15) is 11.1 Å². The lowest BCUT2D eigenvalue weighted by molar-refractivity contribution is -0.138. The Kier molecular flexibility index (Phi) is 4.18. The maximum Gasteiger partial charge on any atom is 0.416 e. The van der Waals surface area contributed by atoms with Gasteiger partial charge in [-0.05, 0) is 18.1 Å². The summed E-state index contributed by atoms with van der Waals surface area (Å²) in [7, 11) is 0. The Morgan fingerprint density at radius 3 is 2.43 bits per heavy atom. The Morgan fingerprint density at radius 2 is 1.86 bits per heavy atom. The molecule has 0 bridgehead atoms. The van der Waals surface area contributed by atoms with Crippen molar-refractivity contribution in [3.63, 3.8) is 0 Å². The van der Waals surface area contributed by atoms with Crippen LogP contribution in [-0.2, 0) is 12.6 Å². The number of benzene rings is 1. The standard InChI is InChI=1S/C9H9F3IN/c10-9(11,12)8-4-2-1-3-7(8)5-6-14-13/h1-4,14H,5-6H2. The Labute approximate surface area is 94.2 Å². The van der Waals surface area contributed by atoms with Crippen molar-refractivity contribution in [3.05, 3.63) is 35.4 Å². The number of alkyl halides is 3. The molecule has 0 saturated carbocycles. The zero-order valence-electron chi connectivity index (χ0n) is 7.24. The van der Waals surface area contributed by atoms with Gasteiger partial charge < -0.3 is 0 Å². The maximum absolute atomic E-state index is 12.5. The molecule has 5 heteroatoms. The molecule has 0 spiro atoms. The van der Waals surface area contributed by atoms with E-state index in [0.717, 1.165) is 6.07 Å². The van der Waals surface area contributed by atoms with Gasteiger partial charge in [0.15, 0.2) is 0 Å². The Balaban J connectivity index is 2.92. The maximum atomic E-state index is 12.5. The molecular weight excluding hydrogens is 306 g/mol. The third kappa shape index (κ3) is 3.13. The fraction of sp³-hybridized carbons (Fsp3) is 0.333. The first-order valence-electron chi connectivity index (χ1n) is 4.04. The molecule has 0 saturated heterocycles. The SMILES string of the molecule is FC(F)(F)c1ccccc1CCNI. The highest BCUT2D eigenvalue weighted by Gasteiger charge is 2.32. The summed E-state index contributed by atoms with van der Waals surface area (Å²) in [6.45, 7) is 0.535. The zero-order chi connectivity index (χ0) is 10.6. The van der Waals surface area contributed by atoms with E-state index in [9.17, 15) is 13.2 Å². The van der Waals surface area contributed by atoms with Gasteiger partial charge in [-0.25, -0.2) is 0 Å². The van der Waals surface area contributed by atoms with E-state index in [1.54, 1.807) is 6.07 Å². The quantitative estimate of drug-likeness (QED) is 0.667. The molecular formula is C9H9F3IN. The molecule has 78 valence electrons. The van der Waals surface area contributed by atoms with Gasteiger partial charge in [0.25, 0.3) is 0 Å². The molecule has 0 heterocycles. The van der Waals surface area contributed by atoms with E-state index in [2.05, 4.69) is 3.53 Å². The second-order valence-corrected chi connectivity index (χ2v) is 3.55. The van der Waals surface area contributed by atoms with Crippen molar-refractivity contribution >= 4 is 22.9 Å². The van der Waals surface area contributed by atoms with Crippen LogP contribution in [0.2, 0.25) is 0 Å². The van der Waals surface area contributed by atoms with E-state index in [0.29, 0.717) is 18.5 Å². The van der Waals surface area contributed by atoms with Gasteiger partial charge in [-0.2, -0.15) is 13.2 Å². The zero-order valence-corrected chi connectivity index (χ0v) is 9.39. The lowest BCUT2D eigenvalue weighted by Gasteiger charge is -2.11. The van der Waals surface area contributed by atoms with Crippen LogP contribution in [0.15, 0.2) is 24.3 Å². The number of halogens is 4. The average Bonchev–Trinajstić information content (AvgIpc) is 2.14. The van der Waals surface area contributed by atoms with E-state index in [-0.39, 0.29) is 0 Å². The summed E-state index contributed by atoms with van der Waals surface area (Å²) in [6.07, 6.45) is -3.86. The smallest absolute Gasteiger partial charge is 0.261 e. The Morgan fingerprint density at radius 1 is 1.21 bits per heavy atom. The van der Waals surface area contributed by atoms with Crippen LogP contribution in [0.4, 0.5) is 13.2 Å². The van der Waals surface area contributed by atoms with Gasteiger partial charge in [-0.3, -0.25) is 3.53 Å². The van der Waals surface area contributed by atoms with E-state index in [4.69, 9.17) is 0 Å². The fourth-order valence-electron chi connectivity index (χ4n) is 1.20. The van der Waals surface area contributed by atoms with Crippen LogP contribution in [0.3, 0.4) is 0 Å². The number of rotatable bonds is 3. The summed E-state index contributed by atoms with van der Waals surface area (Å²) in [4.78, 5) is 0. The van der Waals surface area contributed by atoms with E-state index in [1.165, 1.54) is 12.1 Å². The molecule has 1 nitrogen and oxygen atoms in total. The first-order valence-corrected chi connectivity index (χ1v) is 5.12. The van der Waals surface area contributed by atoms with Crippen molar-refractivity contribution in [1.82, 2.24) is 3.53 Å². The van der Waals surface area contributed by atoms with E-state index < -0.39 is 11.7 Å². The minimum absolute atomic E-state index is 0.337. The second-order valence-electron chi connectivity index (χ2n) is 2.79. The fourth-order valence-corrected chi connectivity index (χ4v) is 1.47. The molecule has 1 aromatic carbocycles. The van der Waals surface area contributed by atoms with Crippen LogP contribution in [-0.4, -0.2) is 6.54 Å². The summed E-state index contributed by atoms with van der Waals surface area (Å²) >= 11 is 1.92. The van der Waals surface area contributed by atoms with Crippen molar-refractivity contribution in [2.45, 2.75) is 12.6 Å². The topological polar surface area (TPSA) is 12.0 Å². The van der Waals surface area contributed by atoms with Crippen LogP contribution in [0.25, 0.3) is 0 Å². The predicted molar refractivity (Wildman–Crippen MR) is 57.2 cm³/mol. The van der Waals surface area contributed by atoms with Gasteiger partial charge in [0.2, 0.25) is 0 Å². The largest absolute Gasteiger partial charge is 0.416 e. The van der Waals surface area contributed by atoms with Crippen molar-refractivity contribution in [2.24, 2.45) is 0 Å². The first kappa shape index (κ1) is 11.8.